The van der Waals surface area contributed by atoms with Gasteiger partial charge in [-0.1, -0.05) is 53.6 Å². The zero-order chi connectivity index (χ0) is 22.4. The second-order valence-electron chi connectivity index (χ2n) is 6.70. The van der Waals surface area contributed by atoms with Crippen LogP contribution in [-0.4, -0.2) is 5.91 Å². The van der Waals surface area contributed by atoms with E-state index >= 15 is 0 Å². The predicted octanol–water partition coefficient (Wildman–Crippen LogP) is 6.98. The van der Waals surface area contributed by atoms with Crippen molar-refractivity contribution < 1.29 is 9.53 Å². The van der Waals surface area contributed by atoms with Crippen molar-refractivity contribution >= 4 is 74.5 Å². The van der Waals surface area contributed by atoms with Gasteiger partial charge in [-0.05, 0) is 93.6 Å². The van der Waals surface area contributed by atoms with Crippen LogP contribution in [0.15, 0.2) is 66.2 Å². The van der Waals surface area contributed by atoms with Gasteiger partial charge < -0.3 is 10.1 Å². The molecule has 0 unspecified atom stereocenters. The molecule has 3 rings (SSSR count). The summed E-state index contributed by atoms with van der Waals surface area (Å²) in [6.07, 6.45) is 1.56. The van der Waals surface area contributed by atoms with E-state index in [-0.39, 0.29) is 5.57 Å². The number of carbonyl (C=O) groups excluding carboxylic acids is 1. The number of nitrogens with one attached hydrogen (secondary N) is 1. The number of nitriles is 1. The van der Waals surface area contributed by atoms with E-state index in [0.717, 1.165) is 24.0 Å². The fourth-order valence-corrected chi connectivity index (χ4v) is 5.14. The molecule has 0 aromatic heterocycles. The molecule has 4 nitrogen and oxygen atoms in total. The Balaban J connectivity index is 1.78. The lowest BCUT2D eigenvalue weighted by atomic mass is 10.1. The highest BCUT2D eigenvalue weighted by atomic mass is 127. The van der Waals surface area contributed by atoms with Crippen LogP contribution in [0.2, 0.25) is 5.02 Å². The Labute approximate surface area is 213 Å². The largest absolute Gasteiger partial charge is 0.487 e. The van der Waals surface area contributed by atoms with Crippen LogP contribution < -0.4 is 10.1 Å². The van der Waals surface area contributed by atoms with Gasteiger partial charge in [0.2, 0.25) is 0 Å². The third kappa shape index (κ3) is 6.45. The van der Waals surface area contributed by atoms with Crippen LogP contribution in [0.25, 0.3) is 6.08 Å². The van der Waals surface area contributed by atoms with Crippen LogP contribution in [0.5, 0.6) is 5.75 Å². The molecule has 31 heavy (non-hydrogen) atoms. The maximum atomic E-state index is 12.5. The van der Waals surface area contributed by atoms with E-state index < -0.39 is 5.91 Å². The number of halogens is 3. The molecule has 3 aromatic carbocycles. The van der Waals surface area contributed by atoms with Crippen molar-refractivity contribution in [2.45, 2.75) is 13.5 Å². The molecule has 0 aliphatic carbocycles. The predicted molar refractivity (Wildman–Crippen MR) is 141 cm³/mol. The van der Waals surface area contributed by atoms with Crippen molar-refractivity contribution in [3.05, 3.63) is 95.1 Å². The first-order chi connectivity index (χ1) is 14.9. The number of hydrogen-bond acceptors (Lipinski definition) is 3. The quantitative estimate of drug-likeness (QED) is 0.177. The monoisotopic (exact) mass is 654 g/mol. The molecule has 1 N–H and O–H groups in total. The average molecular weight is 655 g/mol. The first-order valence-corrected chi connectivity index (χ1v) is 11.8. The molecule has 3 aromatic rings. The number of nitrogens with zero attached hydrogens (tertiary/aromatic N) is 1. The number of benzene rings is 3. The van der Waals surface area contributed by atoms with Gasteiger partial charge >= 0.3 is 0 Å². The molecule has 0 saturated carbocycles. The average Bonchev–Trinajstić information content (AvgIpc) is 2.73. The molecular weight excluding hydrogens is 638 g/mol. The summed E-state index contributed by atoms with van der Waals surface area (Å²) in [7, 11) is 0. The molecule has 0 radical (unpaired) electrons. The van der Waals surface area contributed by atoms with Crippen LogP contribution >= 0.6 is 56.8 Å². The van der Waals surface area contributed by atoms with Gasteiger partial charge in [-0.3, -0.25) is 4.79 Å². The Kier molecular flexibility index (Phi) is 8.35. The maximum absolute atomic E-state index is 12.5. The van der Waals surface area contributed by atoms with Crippen LogP contribution in [0.1, 0.15) is 16.7 Å². The van der Waals surface area contributed by atoms with Crippen molar-refractivity contribution in [2.75, 3.05) is 5.32 Å². The minimum atomic E-state index is -0.514. The lowest BCUT2D eigenvalue weighted by Crippen LogP contribution is -2.13. The molecule has 0 atom stereocenters. The second-order valence-corrected chi connectivity index (χ2v) is 9.43. The van der Waals surface area contributed by atoms with Crippen LogP contribution in [-0.2, 0) is 11.4 Å². The Morgan fingerprint density at radius 1 is 1.13 bits per heavy atom. The highest BCUT2D eigenvalue weighted by molar-refractivity contribution is 14.1. The normalized spacial score (nSPS) is 11.0. The maximum Gasteiger partial charge on any atom is 0.266 e. The van der Waals surface area contributed by atoms with Gasteiger partial charge in [-0.25, -0.2) is 0 Å². The molecular formula is C24H17ClI2N2O2. The molecule has 7 heteroatoms. The van der Waals surface area contributed by atoms with Crippen LogP contribution in [0.3, 0.4) is 0 Å². The summed E-state index contributed by atoms with van der Waals surface area (Å²) >= 11 is 10.5. The van der Waals surface area contributed by atoms with Gasteiger partial charge in [0.15, 0.2) is 0 Å². The summed E-state index contributed by atoms with van der Waals surface area (Å²) in [6.45, 7) is 2.51. The lowest BCUT2D eigenvalue weighted by molar-refractivity contribution is -0.112. The second kappa shape index (κ2) is 11.0. The first-order valence-electron chi connectivity index (χ1n) is 9.22. The van der Waals surface area contributed by atoms with Crippen molar-refractivity contribution in [3.8, 4) is 11.8 Å². The van der Waals surface area contributed by atoms with E-state index in [1.165, 1.54) is 5.56 Å². The molecule has 0 spiro atoms. The van der Waals surface area contributed by atoms with Crippen molar-refractivity contribution in [1.29, 1.82) is 5.26 Å². The zero-order valence-electron chi connectivity index (χ0n) is 16.5. The van der Waals surface area contributed by atoms with Gasteiger partial charge in [0.05, 0.1) is 17.9 Å². The molecule has 156 valence electrons. The summed E-state index contributed by atoms with van der Waals surface area (Å²) in [5.74, 6) is 0.263. The number of aryl methyl sites for hydroxylation is 1. The van der Waals surface area contributed by atoms with Crippen LogP contribution in [0.4, 0.5) is 5.69 Å². The summed E-state index contributed by atoms with van der Waals surface area (Å²) in [5.41, 5.74) is 3.46. The van der Waals surface area contributed by atoms with E-state index in [0.29, 0.717) is 17.3 Å². The molecule has 0 aliphatic rings. The SMILES string of the molecule is Cc1cccc(COc2c(I)cc(/C=C(\C#N)C(=O)Nc3ccccc3Cl)cc2I)c1. The summed E-state index contributed by atoms with van der Waals surface area (Å²) < 4.78 is 7.83. The molecule has 0 saturated heterocycles. The highest BCUT2D eigenvalue weighted by Gasteiger charge is 2.13. The fourth-order valence-electron chi connectivity index (χ4n) is 2.83. The molecule has 0 bridgehead atoms. The Bertz CT molecular complexity index is 1180. The van der Waals surface area contributed by atoms with Crippen molar-refractivity contribution in [2.24, 2.45) is 0 Å². The third-order valence-corrected chi connectivity index (χ3v) is 6.22. The minimum Gasteiger partial charge on any atom is -0.487 e. The number of rotatable bonds is 6. The van der Waals surface area contributed by atoms with E-state index in [1.54, 1.807) is 30.3 Å². The summed E-state index contributed by atoms with van der Waals surface area (Å²) in [6, 6.07) is 20.8. The van der Waals surface area contributed by atoms with Crippen molar-refractivity contribution in [3.63, 3.8) is 0 Å². The van der Waals surface area contributed by atoms with Crippen LogP contribution in [0, 0.1) is 25.4 Å². The van der Waals surface area contributed by atoms with Gasteiger partial charge in [-0.15, -0.1) is 0 Å². The van der Waals surface area contributed by atoms with E-state index in [2.05, 4.69) is 56.6 Å². The van der Waals surface area contributed by atoms with Gasteiger partial charge in [0, 0.05) is 0 Å². The highest BCUT2D eigenvalue weighted by Crippen LogP contribution is 2.31. The Morgan fingerprint density at radius 3 is 2.48 bits per heavy atom. The topological polar surface area (TPSA) is 62.1 Å². The van der Waals surface area contributed by atoms with E-state index in [1.807, 2.05) is 43.3 Å². The zero-order valence-corrected chi connectivity index (χ0v) is 21.5. The molecule has 0 aliphatic heterocycles. The third-order valence-electron chi connectivity index (χ3n) is 4.28. The van der Waals surface area contributed by atoms with E-state index in [4.69, 9.17) is 16.3 Å². The number of carbonyl (C=O) groups is 1. The van der Waals surface area contributed by atoms with Crippen molar-refractivity contribution in [1.82, 2.24) is 0 Å². The standard InChI is InChI=1S/C24H17ClI2N2O2/c1-15-5-4-6-16(9-15)14-31-23-20(26)11-17(12-21(23)27)10-18(13-28)24(30)29-22-8-3-2-7-19(22)25/h2-12H,14H2,1H3,(H,29,30)/b18-10+. The molecule has 1 amide bonds. The Morgan fingerprint density at radius 2 is 1.84 bits per heavy atom. The number of para-hydroxylation sites is 1. The minimum absolute atomic E-state index is 0.0139. The number of hydrogen-bond donors (Lipinski definition) is 1. The molecule has 0 heterocycles. The Hall–Kier alpha value is -2.09. The van der Waals surface area contributed by atoms with Gasteiger partial charge in [0.1, 0.15) is 24.0 Å². The van der Waals surface area contributed by atoms with Gasteiger partial charge in [-0.2, -0.15) is 5.26 Å². The number of anilines is 1. The molecule has 0 fully saturated rings. The smallest absolute Gasteiger partial charge is 0.266 e. The lowest BCUT2D eigenvalue weighted by Gasteiger charge is -2.12. The summed E-state index contributed by atoms with van der Waals surface area (Å²) in [4.78, 5) is 12.5. The summed E-state index contributed by atoms with van der Waals surface area (Å²) in [5, 5.41) is 12.6. The number of amides is 1. The van der Waals surface area contributed by atoms with Gasteiger partial charge in [0.25, 0.3) is 5.91 Å². The van der Waals surface area contributed by atoms with E-state index in [9.17, 15) is 10.1 Å². The fraction of sp³-hybridized carbons (Fsp3) is 0.0833. The first kappa shape index (κ1) is 23.6. The number of ether oxygens (including phenoxy) is 1.